The van der Waals surface area contributed by atoms with Crippen molar-refractivity contribution < 1.29 is 9.53 Å². The van der Waals surface area contributed by atoms with E-state index in [1.165, 1.54) is 10.7 Å². The molecule has 1 rings (SSSR count). The number of hydrogen-bond donors (Lipinski definition) is 1. The fourth-order valence-corrected chi connectivity index (χ4v) is 4.95. The van der Waals surface area contributed by atoms with Gasteiger partial charge in [-0.05, 0) is 0 Å². The summed E-state index contributed by atoms with van der Waals surface area (Å²) in [5.41, 5.74) is 1.10. The van der Waals surface area contributed by atoms with Crippen LogP contribution in [-0.2, 0) is 16.0 Å². The van der Waals surface area contributed by atoms with Gasteiger partial charge < -0.3 is 0 Å². The van der Waals surface area contributed by atoms with Crippen molar-refractivity contribution in [3.63, 3.8) is 0 Å². The maximum absolute atomic E-state index is 11.7. The summed E-state index contributed by atoms with van der Waals surface area (Å²) in [7, 11) is 1.40. The average Bonchev–Trinajstić information content (AvgIpc) is 2.25. The normalized spacial score (nSPS) is 14.1. The van der Waals surface area contributed by atoms with Gasteiger partial charge in [0.15, 0.2) is 0 Å². The zero-order valence-electron chi connectivity index (χ0n) is 10.2. The number of carbonyl (C=O) groups is 1. The van der Waals surface area contributed by atoms with Crippen LogP contribution in [-0.4, -0.2) is 26.9 Å². The number of hydrogen-bond acceptors (Lipinski definition) is 3. The Hall–Kier alpha value is -0.0500. The number of carbonyl (C=O) groups excluding carboxylic acids is 1. The molecule has 1 unspecified atom stereocenters. The molecule has 0 bridgehead atoms. The Kier molecular flexibility index (Phi) is 5.49. The number of benzene rings is 1. The van der Waals surface area contributed by atoms with Crippen molar-refractivity contribution in [2.75, 3.05) is 17.0 Å². The molecule has 1 atom stereocenters. The zero-order valence-corrected chi connectivity index (χ0v) is 14.5. The second-order valence-corrected chi connectivity index (χ2v) is 14.3. The molecule has 17 heavy (non-hydrogen) atoms. The van der Waals surface area contributed by atoms with Crippen LogP contribution in [0.1, 0.15) is 5.56 Å². The third-order valence-corrected chi connectivity index (χ3v) is 7.87. The van der Waals surface area contributed by atoms with Gasteiger partial charge >= 0.3 is 121 Å². The molecule has 0 radical (unpaired) electrons. The first kappa shape index (κ1) is 15.0. The Morgan fingerprint density at radius 1 is 1.41 bits per heavy atom. The molecule has 0 aliphatic heterocycles. The molecule has 0 aliphatic rings. The van der Waals surface area contributed by atoms with Crippen LogP contribution in [0.5, 0.6) is 0 Å². The van der Waals surface area contributed by atoms with E-state index in [9.17, 15) is 4.79 Å². The van der Waals surface area contributed by atoms with E-state index in [1.54, 1.807) is 0 Å². The Bertz CT molecular complexity index is 436. The Morgan fingerprint density at radius 2 is 1.94 bits per heavy atom. The van der Waals surface area contributed by atoms with Crippen LogP contribution >= 0.6 is 40.9 Å². The van der Waals surface area contributed by atoms with Crippen molar-refractivity contribution in [1.29, 1.82) is 3.56 Å². The molecule has 0 heterocycles. The van der Waals surface area contributed by atoms with Crippen molar-refractivity contribution in [3.8, 4) is 0 Å². The third kappa shape index (κ3) is 4.61. The van der Waals surface area contributed by atoms with Crippen LogP contribution in [0.25, 0.3) is 0 Å². The maximum atomic E-state index is 11.7. The molecule has 96 valence electrons. The fourth-order valence-electron chi connectivity index (χ4n) is 1.45. The summed E-state index contributed by atoms with van der Waals surface area (Å²) >= 11 is -0.475. The van der Waals surface area contributed by atoms with Gasteiger partial charge in [-0.3, -0.25) is 0 Å². The molecular weight excluding hydrogens is 444 g/mol. The molecule has 1 N–H and O–H groups in total. The van der Waals surface area contributed by atoms with E-state index in [-0.39, 0.29) is 9.89 Å². The van der Waals surface area contributed by atoms with E-state index in [2.05, 4.69) is 22.6 Å². The summed E-state index contributed by atoms with van der Waals surface area (Å²) in [6, 6.07) is 8.08. The standard InChI is InChI=1S/C12H17I2NO2/c1-14(2,15)11(12(16)17-3)8-9-4-6-10(13)7-5-9/h4-7,11,15H,8H2,1-3H3. The Balaban J connectivity index is 2.91. The number of methoxy groups -OCH3 is 1. The number of ether oxygens (including phenoxy) is 1. The van der Waals surface area contributed by atoms with Crippen molar-refractivity contribution >= 4 is 46.8 Å². The van der Waals surface area contributed by atoms with E-state index in [4.69, 9.17) is 8.30 Å². The summed E-state index contributed by atoms with van der Waals surface area (Å²) in [6.45, 7) is 0. The number of esters is 1. The van der Waals surface area contributed by atoms with Gasteiger partial charge in [-0.1, -0.05) is 0 Å². The SMILES string of the molecule is COC(=O)C(Cc1ccc(I)cc1)I(C)(C)=N. The third-order valence-electron chi connectivity index (χ3n) is 2.44. The van der Waals surface area contributed by atoms with Crippen LogP contribution in [0, 0.1) is 7.13 Å². The monoisotopic (exact) mass is 461 g/mol. The van der Waals surface area contributed by atoms with Gasteiger partial charge in [0.25, 0.3) is 0 Å². The van der Waals surface area contributed by atoms with Gasteiger partial charge in [0, 0.05) is 0 Å². The second-order valence-electron chi connectivity index (χ2n) is 4.12. The molecular formula is C12H17I2NO2. The van der Waals surface area contributed by atoms with E-state index >= 15 is 0 Å². The van der Waals surface area contributed by atoms with Gasteiger partial charge in [0.2, 0.25) is 0 Å². The quantitative estimate of drug-likeness (QED) is 0.425. The molecule has 0 aliphatic carbocycles. The topological polar surface area (TPSA) is 50.2 Å². The van der Waals surface area contributed by atoms with E-state index < -0.39 is 18.3 Å². The summed E-state index contributed by atoms with van der Waals surface area (Å²) in [4.78, 5) is 15.6. The van der Waals surface area contributed by atoms with Crippen LogP contribution in [0.15, 0.2) is 24.3 Å². The number of alkyl halides is 3. The molecule has 3 nitrogen and oxygen atoms in total. The summed E-state index contributed by atoms with van der Waals surface area (Å²) < 4.78 is 13.9. The number of nitrogens with one attached hydrogen (secondary N) is 1. The number of halogens is 2. The van der Waals surface area contributed by atoms with E-state index in [0.717, 1.165) is 5.56 Å². The first-order valence-electron chi connectivity index (χ1n) is 5.04. The average molecular weight is 461 g/mol. The van der Waals surface area contributed by atoms with Crippen molar-refractivity contribution in [3.05, 3.63) is 33.4 Å². The van der Waals surface area contributed by atoms with Crippen LogP contribution in [0.3, 0.4) is 0 Å². The number of rotatable bonds is 4. The van der Waals surface area contributed by atoms with Crippen LogP contribution in [0.2, 0.25) is 0 Å². The first-order valence-corrected chi connectivity index (χ1v) is 12.8. The summed E-state index contributed by atoms with van der Waals surface area (Å²) in [5.74, 6) is -0.236. The van der Waals surface area contributed by atoms with E-state index in [1.807, 2.05) is 34.1 Å². The van der Waals surface area contributed by atoms with Crippen molar-refractivity contribution in [2.24, 2.45) is 0 Å². The van der Waals surface area contributed by atoms with Crippen LogP contribution < -0.4 is 0 Å². The van der Waals surface area contributed by atoms with Crippen LogP contribution in [0.4, 0.5) is 0 Å². The molecule has 0 saturated heterocycles. The molecule has 0 spiro atoms. The Morgan fingerprint density at radius 3 is 2.35 bits per heavy atom. The molecule has 5 heteroatoms. The Labute approximate surface area is 120 Å². The van der Waals surface area contributed by atoms with Gasteiger partial charge in [-0.2, -0.15) is 0 Å². The second kappa shape index (κ2) is 6.21. The molecule has 0 aromatic heterocycles. The summed E-state index contributed by atoms with van der Waals surface area (Å²) in [5, 5.41) is 0. The molecule has 0 fully saturated rings. The van der Waals surface area contributed by atoms with Crippen molar-refractivity contribution in [2.45, 2.75) is 10.3 Å². The minimum absolute atomic E-state index is 0.236. The van der Waals surface area contributed by atoms with Gasteiger partial charge in [-0.15, -0.1) is 0 Å². The predicted octanol–water partition coefficient (Wildman–Crippen LogP) is 3.44. The van der Waals surface area contributed by atoms with E-state index in [0.29, 0.717) is 6.42 Å². The van der Waals surface area contributed by atoms with Gasteiger partial charge in [0.05, 0.1) is 0 Å². The fraction of sp³-hybridized carbons (Fsp3) is 0.417. The molecule has 0 amide bonds. The minimum atomic E-state index is -2.72. The summed E-state index contributed by atoms with van der Waals surface area (Å²) in [6.07, 6.45) is 0.622. The molecule has 1 aromatic rings. The van der Waals surface area contributed by atoms with Gasteiger partial charge in [-0.25, -0.2) is 0 Å². The predicted molar refractivity (Wildman–Crippen MR) is 87.3 cm³/mol. The van der Waals surface area contributed by atoms with Crippen molar-refractivity contribution in [1.82, 2.24) is 0 Å². The van der Waals surface area contributed by atoms with Gasteiger partial charge in [0.1, 0.15) is 0 Å². The molecule has 1 aromatic carbocycles. The zero-order chi connectivity index (χ0) is 13.1. The molecule has 0 saturated carbocycles. The first-order chi connectivity index (χ1) is 7.84.